The number of hydrogen-bond acceptors (Lipinski definition) is 9. The molecule has 2 aromatic heterocycles. The Kier molecular flexibility index (Phi) is 7.86. The highest BCUT2D eigenvalue weighted by Crippen LogP contribution is 2.26. The van der Waals surface area contributed by atoms with Gasteiger partial charge in [-0.15, -0.1) is 12.4 Å². The van der Waals surface area contributed by atoms with Crippen molar-refractivity contribution in [2.24, 2.45) is 0 Å². The van der Waals surface area contributed by atoms with Crippen LogP contribution in [0.4, 0.5) is 16.8 Å². The summed E-state index contributed by atoms with van der Waals surface area (Å²) in [6.45, 7) is 0.550. The zero-order chi connectivity index (χ0) is 24.4. The fourth-order valence-corrected chi connectivity index (χ4v) is 6.17. The van der Waals surface area contributed by atoms with Crippen molar-refractivity contribution >= 4 is 72.9 Å². The van der Waals surface area contributed by atoms with E-state index >= 15 is 0 Å². The fourth-order valence-electron chi connectivity index (χ4n) is 3.87. The maximum absolute atomic E-state index is 12.8. The Morgan fingerprint density at radius 1 is 1.08 bits per heavy atom. The molecular weight excluding hydrogens is 520 g/mol. The number of fused-ring (bicyclic) bond motifs is 1. The van der Waals surface area contributed by atoms with Crippen molar-refractivity contribution in [2.45, 2.75) is 23.8 Å². The molecule has 1 unspecified atom stereocenters. The summed E-state index contributed by atoms with van der Waals surface area (Å²) < 4.78 is 28.0. The number of aliphatic hydroxyl groups is 1. The van der Waals surface area contributed by atoms with E-state index in [9.17, 15) is 13.5 Å². The second-order valence-corrected chi connectivity index (χ2v) is 11.3. The third kappa shape index (κ3) is 5.82. The predicted molar refractivity (Wildman–Crippen MR) is 146 cm³/mol. The molecule has 9 nitrogen and oxygen atoms in total. The predicted octanol–water partition coefficient (Wildman–Crippen LogP) is 4.15. The molecule has 0 amide bonds. The summed E-state index contributed by atoms with van der Waals surface area (Å²) in [5, 5.41) is 13.4. The molecule has 1 aliphatic rings. The highest BCUT2D eigenvalue weighted by atomic mass is 35.5. The lowest BCUT2D eigenvalue weighted by molar-refractivity contribution is 0.108. The number of halogens is 1. The lowest BCUT2D eigenvalue weighted by atomic mass is 10.1. The maximum atomic E-state index is 12.8. The number of sulfonamides is 1. The number of rotatable bonds is 6. The van der Waals surface area contributed by atoms with Crippen molar-refractivity contribution < 1.29 is 13.5 Å². The molecule has 0 radical (unpaired) electrons. The smallest absolute Gasteiger partial charge is 0.243 e. The van der Waals surface area contributed by atoms with Crippen LogP contribution in [0.25, 0.3) is 22.4 Å². The lowest BCUT2D eigenvalue weighted by Crippen LogP contribution is -2.42. The molecule has 36 heavy (non-hydrogen) atoms. The molecule has 1 fully saturated rings. The normalized spacial score (nSPS) is 16.8. The molecule has 1 atom stereocenters. The van der Waals surface area contributed by atoms with Gasteiger partial charge < -0.3 is 16.2 Å². The van der Waals surface area contributed by atoms with Crippen molar-refractivity contribution in [2.75, 3.05) is 24.1 Å². The molecule has 188 valence electrons. The number of aromatic nitrogens is 3. The summed E-state index contributed by atoms with van der Waals surface area (Å²) in [4.78, 5) is 13.1. The summed E-state index contributed by atoms with van der Waals surface area (Å²) in [7, 11) is -3.63. The van der Waals surface area contributed by atoms with Gasteiger partial charge in [0, 0.05) is 36.7 Å². The zero-order valence-electron chi connectivity index (χ0n) is 19.1. The first-order valence-electron chi connectivity index (χ1n) is 11.1. The molecule has 5 rings (SSSR count). The van der Waals surface area contributed by atoms with Gasteiger partial charge in [-0.3, -0.25) is 0 Å². The van der Waals surface area contributed by atoms with Gasteiger partial charge in [-0.25, -0.2) is 23.4 Å². The SMILES string of the molecule is Cl.Nc1nc2ccc(C=Cc3cnc(Nc4ccc(S(=O)(=O)N5CCCC(O)C5)cc4)nc3)cc2s1. The number of piperidine rings is 1. The van der Waals surface area contributed by atoms with E-state index in [1.807, 2.05) is 30.4 Å². The molecule has 3 heterocycles. The third-order valence-electron chi connectivity index (χ3n) is 5.68. The molecule has 4 N–H and O–H groups in total. The number of anilines is 3. The Morgan fingerprint density at radius 2 is 1.81 bits per heavy atom. The third-order valence-corrected chi connectivity index (χ3v) is 8.40. The first-order chi connectivity index (χ1) is 16.9. The molecule has 0 saturated carbocycles. The van der Waals surface area contributed by atoms with Crippen LogP contribution in [0.2, 0.25) is 0 Å². The largest absolute Gasteiger partial charge is 0.392 e. The van der Waals surface area contributed by atoms with E-state index < -0.39 is 16.1 Å². The van der Waals surface area contributed by atoms with Crippen LogP contribution in [0.1, 0.15) is 24.0 Å². The van der Waals surface area contributed by atoms with Crippen molar-refractivity contribution in [1.29, 1.82) is 0 Å². The van der Waals surface area contributed by atoms with Gasteiger partial charge in [0.1, 0.15) is 0 Å². The van der Waals surface area contributed by atoms with Crippen LogP contribution >= 0.6 is 23.7 Å². The number of nitrogens with one attached hydrogen (secondary N) is 1. The minimum absolute atomic E-state index is 0. The number of thiazole rings is 1. The topological polar surface area (TPSA) is 134 Å². The van der Waals surface area contributed by atoms with Crippen LogP contribution in [0.3, 0.4) is 0 Å². The van der Waals surface area contributed by atoms with Gasteiger partial charge in [0.2, 0.25) is 16.0 Å². The monoisotopic (exact) mass is 544 g/mol. The van der Waals surface area contributed by atoms with E-state index in [1.165, 1.54) is 15.6 Å². The Balaban J connectivity index is 0.00000304. The minimum Gasteiger partial charge on any atom is -0.392 e. The van der Waals surface area contributed by atoms with Crippen LogP contribution in [0.5, 0.6) is 0 Å². The molecule has 4 aromatic rings. The average molecular weight is 545 g/mol. The Morgan fingerprint density at radius 3 is 2.53 bits per heavy atom. The number of aliphatic hydroxyl groups excluding tert-OH is 1. The summed E-state index contributed by atoms with van der Waals surface area (Å²) in [6.07, 6.45) is 7.97. The maximum Gasteiger partial charge on any atom is 0.243 e. The summed E-state index contributed by atoms with van der Waals surface area (Å²) in [6, 6.07) is 12.4. The number of nitrogens with zero attached hydrogens (tertiary/aromatic N) is 4. The van der Waals surface area contributed by atoms with Crippen LogP contribution in [-0.4, -0.2) is 52.0 Å². The van der Waals surface area contributed by atoms with Crippen LogP contribution in [-0.2, 0) is 10.0 Å². The van der Waals surface area contributed by atoms with E-state index in [1.54, 1.807) is 36.7 Å². The molecule has 0 spiro atoms. The number of benzene rings is 2. The summed E-state index contributed by atoms with van der Waals surface area (Å²) >= 11 is 1.45. The first kappa shape index (κ1) is 26.0. The number of hydrogen-bond donors (Lipinski definition) is 3. The second-order valence-electron chi connectivity index (χ2n) is 8.26. The standard InChI is InChI=1S/C24H24N6O3S2.ClH/c25-23-29-21-10-5-16(12-22(21)34-23)3-4-17-13-26-24(27-14-17)28-18-6-8-20(9-7-18)35(32,33)30-11-1-2-19(31)15-30;/h3-10,12-14,19,31H,1-2,11,15H2,(H2,25,29)(H,26,27,28);1H. The molecule has 2 aromatic carbocycles. The highest BCUT2D eigenvalue weighted by Gasteiger charge is 2.29. The molecule has 0 aliphatic carbocycles. The van der Waals surface area contributed by atoms with E-state index in [0.29, 0.717) is 36.2 Å². The molecule has 12 heteroatoms. The van der Waals surface area contributed by atoms with Crippen LogP contribution < -0.4 is 11.1 Å². The van der Waals surface area contributed by atoms with Crippen molar-refractivity contribution in [1.82, 2.24) is 19.3 Å². The van der Waals surface area contributed by atoms with Crippen LogP contribution in [0, 0.1) is 0 Å². The Labute approximate surface area is 219 Å². The first-order valence-corrected chi connectivity index (χ1v) is 13.3. The summed E-state index contributed by atoms with van der Waals surface area (Å²) in [5.74, 6) is 0.401. The fraction of sp³-hybridized carbons (Fsp3) is 0.208. The number of β-amino-alcohol motifs (C(OH)–C–C–N with tert-alkyl or cyclic N) is 1. The quantitative estimate of drug-likeness (QED) is 0.329. The highest BCUT2D eigenvalue weighted by molar-refractivity contribution is 7.89. The second kappa shape index (κ2) is 10.9. The van der Waals surface area contributed by atoms with Gasteiger partial charge in [0.05, 0.1) is 21.2 Å². The molecule has 1 saturated heterocycles. The zero-order valence-corrected chi connectivity index (χ0v) is 21.6. The Bertz CT molecular complexity index is 1470. The van der Waals surface area contributed by atoms with Gasteiger partial charge in [-0.1, -0.05) is 29.6 Å². The van der Waals surface area contributed by atoms with Gasteiger partial charge in [0.15, 0.2) is 5.13 Å². The summed E-state index contributed by atoms with van der Waals surface area (Å²) in [5.41, 5.74) is 9.19. The number of nitrogens with two attached hydrogens (primary N) is 1. The van der Waals surface area contributed by atoms with E-state index in [4.69, 9.17) is 5.73 Å². The van der Waals surface area contributed by atoms with Gasteiger partial charge >= 0.3 is 0 Å². The molecule has 1 aliphatic heterocycles. The van der Waals surface area contributed by atoms with Gasteiger partial charge in [-0.2, -0.15) is 4.31 Å². The van der Waals surface area contributed by atoms with Crippen molar-refractivity contribution in [3.63, 3.8) is 0 Å². The van der Waals surface area contributed by atoms with Crippen molar-refractivity contribution in [3.8, 4) is 0 Å². The van der Waals surface area contributed by atoms with E-state index in [2.05, 4.69) is 20.3 Å². The van der Waals surface area contributed by atoms with Crippen molar-refractivity contribution in [3.05, 3.63) is 66.0 Å². The van der Waals surface area contributed by atoms with E-state index in [-0.39, 0.29) is 23.8 Å². The lowest BCUT2D eigenvalue weighted by Gasteiger charge is -2.29. The van der Waals surface area contributed by atoms with Gasteiger partial charge in [-0.05, 0) is 54.8 Å². The molecule has 0 bridgehead atoms. The van der Waals surface area contributed by atoms with Gasteiger partial charge in [0.25, 0.3) is 0 Å². The van der Waals surface area contributed by atoms with Crippen LogP contribution in [0.15, 0.2) is 59.8 Å². The minimum atomic E-state index is -3.63. The average Bonchev–Trinajstić information content (AvgIpc) is 3.23. The number of nitrogen functional groups attached to an aromatic ring is 1. The van der Waals surface area contributed by atoms with E-state index in [0.717, 1.165) is 21.3 Å². The Hall–Kier alpha value is -3.09. The molecular formula is C24H25ClN6O3S2.